The standard InChI is InChI=1S/C20H19N3O5S/c1-2-26-19(25)16-14(12-8-9-12)11-29-18(16)21-15(24)10-27-20-23-22-17(28-20)13-6-4-3-5-7-13/h3-7,11-12H,2,8-10H2,1H3,(H,21,24). The van der Waals surface area contributed by atoms with Crippen LogP contribution in [0, 0.1) is 0 Å². The Balaban J connectivity index is 1.39. The lowest BCUT2D eigenvalue weighted by Crippen LogP contribution is -2.21. The monoisotopic (exact) mass is 413 g/mol. The van der Waals surface area contributed by atoms with Gasteiger partial charge in [0.25, 0.3) is 11.8 Å². The molecule has 0 bridgehead atoms. The SMILES string of the molecule is CCOC(=O)c1c(C2CC2)csc1NC(=O)COc1nnc(-c2ccccc2)o1. The normalized spacial score (nSPS) is 13.1. The van der Waals surface area contributed by atoms with Crippen LogP contribution >= 0.6 is 11.3 Å². The molecule has 1 N–H and O–H groups in total. The van der Waals surface area contributed by atoms with Gasteiger partial charge in [-0.3, -0.25) is 4.79 Å². The Morgan fingerprint density at radius 1 is 1.24 bits per heavy atom. The van der Waals surface area contributed by atoms with Crippen molar-refractivity contribution in [1.29, 1.82) is 0 Å². The van der Waals surface area contributed by atoms with E-state index in [-0.39, 0.29) is 19.3 Å². The van der Waals surface area contributed by atoms with Gasteiger partial charge in [-0.1, -0.05) is 23.3 Å². The second-order valence-corrected chi connectivity index (χ2v) is 7.35. The van der Waals surface area contributed by atoms with Gasteiger partial charge in [0.05, 0.1) is 12.2 Å². The van der Waals surface area contributed by atoms with Gasteiger partial charge in [0.15, 0.2) is 6.61 Å². The van der Waals surface area contributed by atoms with Crippen LogP contribution in [0.4, 0.5) is 5.00 Å². The van der Waals surface area contributed by atoms with Crippen LogP contribution in [0.1, 0.15) is 41.6 Å². The minimum Gasteiger partial charge on any atom is -0.462 e. The molecule has 8 nitrogen and oxygen atoms in total. The molecule has 1 aliphatic carbocycles. The summed E-state index contributed by atoms with van der Waals surface area (Å²) in [6.07, 6.45) is 1.98. The third kappa shape index (κ3) is 4.45. The molecule has 0 spiro atoms. The third-order valence-corrected chi connectivity index (χ3v) is 5.24. The molecule has 0 atom stereocenters. The number of nitrogens with zero attached hydrogens (tertiary/aromatic N) is 2. The second-order valence-electron chi connectivity index (χ2n) is 6.47. The molecule has 29 heavy (non-hydrogen) atoms. The highest BCUT2D eigenvalue weighted by Gasteiger charge is 2.32. The minimum absolute atomic E-state index is 0.102. The maximum absolute atomic E-state index is 12.3. The molecule has 2 aromatic heterocycles. The summed E-state index contributed by atoms with van der Waals surface area (Å²) >= 11 is 1.31. The molecular formula is C20H19N3O5S. The summed E-state index contributed by atoms with van der Waals surface area (Å²) < 4.78 is 15.9. The molecule has 0 saturated heterocycles. The predicted octanol–water partition coefficient (Wildman–Crippen LogP) is 3.87. The van der Waals surface area contributed by atoms with E-state index in [2.05, 4.69) is 15.5 Å². The van der Waals surface area contributed by atoms with Gasteiger partial charge in [-0.2, -0.15) is 0 Å². The molecule has 1 fully saturated rings. The summed E-state index contributed by atoms with van der Waals surface area (Å²) in [4.78, 5) is 24.7. The summed E-state index contributed by atoms with van der Waals surface area (Å²) in [6.45, 7) is 1.70. The van der Waals surface area contributed by atoms with Gasteiger partial charge in [0.2, 0.25) is 0 Å². The van der Waals surface area contributed by atoms with Crippen LogP contribution in [0.5, 0.6) is 6.08 Å². The number of nitrogens with one attached hydrogen (secondary N) is 1. The number of thiophene rings is 1. The van der Waals surface area contributed by atoms with Crippen LogP contribution in [-0.2, 0) is 9.53 Å². The maximum atomic E-state index is 12.3. The van der Waals surface area contributed by atoms with E-state index in [9.17, 15) is 9.59 Å². The number of ether oxygens (including phenoxy) is 2. The van der Waals surface area contributed by atoms with Crippen LogP contribution < -0.4 is 10.1 Å². The number of anilines is 1. The van der Waals surface area contributed by atoms with E-state index in [1.807, 2.05) is 35.7 Å². The van der Waals surface area contributed by atoms with Gasteiger partial charge in [0.1, 0.15) is 5.00 Å². The maximum Gasteiger partial charge on any atom is 0.415 e. The Labute approximate surface area is 170 Å². The molecule has 4 rings (SSSR count). The van der Waals surface area contributed by atoms with E-state index >= 15 is 0 Å². The van der Waals surface area contributed by atoms with E-state index < -0.39 is 11.9 Å². The highest BCUT2D eigenvalue weighted by molar-refractivity contribution is 7.15. The highest BCUT2D eigenvalue weighted by atomic mass is 32.1. The van der Waals surface area contributed by atoms with Crippen molar-refractivity contribution in [3.8, 4) is 17.5 Å². The van der Waals surface area contributed by atoms with Crippen molar-refractivity contribution in [3.63, 3.8) is 0 Å². The molecule has 3 aromatic rings. The number of esters is 1. The highest BCUT2D eigenvalue weighted by Crippen LogP contribution is 2.46. The van der Waals surface area contributed by atoms with Gasteiger partial charge in [-0.25, -0.2) is 4.79 Å². The number of hydrogen-bond acceptors (Lipinski definition) is 8. The van der Waals surface area contributed by atoms with Crippen LogP contribution in [0.25, 0.3) is 11.5 Å². The quantitative estimate of drug-likeness (QED) is 0.559. The molecule has 9 heteroatoms. The van der Waals surface area contributed by atoms with E-state index in [4.69, 9.17) is 13.9 Å². The Morgan fingerprint density at radius 2 is 2.03 bits per heavy atom. The Kier molecular flexibility index (Phi) is 5.57. The second kappa shape index (κ2) is 8.44. The lowest BCUT2D eigenvalue weighted by atomic mass is 10.1. The molecule has 2 heterocycles. The van der Waals surface area contributed by atoms with Gasteiger partial charge in [-0.05, 0) is 48.8 Å². The molecule has 1 aliphatic rings. The molecule has 1 saturated carbocycles. The number of aromatic nitrogens is 2. The molecule has 150 valence electrons. The van der Waals surface area contributed by atoms with E-state index in [1.54, 1.807) is 6.92 Å². The van der Waals surface area contributed by atoms with Gasteiger partial charge >= 0.3 is 12.0 Å². The minimum atomic E-state index is -0.431. The number of carbonyl (C=O) groups is 2. The Bertz CT molecular complexity index is 1010. The number of hydrogen-bond donors (Lipinski definition) is 1. The molecule has 1 aromatic carbocycles. The van der Waals surface area contributed by atoms with E-state index in [1.165, 1.54) is 11.3 Å². The van der Waals surface area contributed by atoms with Crippen molar-refractivity contribution in [2.75, 3.05) is 18.5 Å². The average molecular weight is 413 g/mol. The Hall–Kier alpha value is -3.20. The summed E-state index contributed by atoms with van der Waals surface area (Å²) in [7, 11) is 0. The van der Waals surface area contributed by atoms with Crippen LogP contribution in [0.2, 0.25) is 0 Å². The fourth-order valence-corrected chi connectivity index (χ4v) is 3.87. The van der Waals surface area contributed by atoms with Gasteiger partial charge < -0.3 is 19.2 Å². The van der Waals surface area contributed by atoms with Crippen molar-refractivity contribution >= 4 is 28.2 Å². The van der Waals surface area contributed by atoms with E-state index in [0.717, 1.165) is 24.0 Å². The first-order chi connectivity index (χ1) is 14.2. The van der Waals surface area contributed by atoms with Crippen molar-refractivity contribution in [3.05, 3.63) is 46.8 Å². The summed E-state index contributed by atoms with van der Waals surface area (Å²) in [5.74, 6) is -0.184. The van der Waals surface area contributed by atoms with Crippen molar-refractivity contribution in [2.45, 2.75) is 25.7 Å². The molecular weight excluding hydrogens is 394 g/mol. The summed E-state index contributed by atoms with van der Waals surface area (Å²) in [6, 6.07) is 9.24. The first-order valence-corrected chi connectivity index (χ1v) is 10.1. The predicted molar refractivity (Wildman–Crippen MR) is 106 cm³/mol. The third-order valence-electron chi connectivity index (χ3n) is 4.32. The van der Waals surface area contributed by atoms with Crippen LogP contribution in [-0.4, -0.2) is 35.3 Å². The zero-order chi connectivity index (χ0) is 20.2. The van der Waals surface area contributed by atoms with E-state index in [0.29, 0.717) is 22.4 Å². The lowest BCUT2D eigenvalue weighted by molar-refractivity contribution is -0.118. The summed E-state index contributed by atoms with van der Waals surface area (Å²) in [5.41, 5.74) is 2.13. The fraction of sp³-hybridized carbons (Fsp3) is 0.300. The molecule has 0 aliphatic heterocycles. The summed E-state index contributed by atoms with van der Waals surface area (Å²) in [5, 5.41) is 12.8. The van der Waals surface area contributed by atoms with Crippen LogP contribution in [0.3, 0.4) is 0 Å². The average Bonchev–Trinajstić information content (AvgIpc) is 3.31. The van der Waals surface area contributed by atoms with Crippen molar-refractivity contribution < 1.29 is 23.5 Å². The number of benzene rings is 1. The zero-order valence-corrected chi connectivity index (χ0v) is 16.5. The largest absolute Gasteiger partial charge is 0.462 e. The number of carbonyl (C=O) groups excluding carboxylic acids is 2. The zero-order valence-electron chi connectivity index (χ0n) is 15.7. The first-order valence-electron chi connectivity index (χ1n) is 9.25. The van der Waals surface area contributed by atoms with Gasteiger partial charge in [-0.15, -0.1) is 16.4 Å². The molecule has 1 amide bonds. The molecule has 0 unspecified atom stereocenters. The smallest absolute Gasteiger partial charge is 0.415 e. The fourth-order valence-electron chi connectivity index (χ4n) is 2.83. The lowest BCUT2D eigenvalue weighted by Gasteiger charge is -2.08. The van der Waals surface area contributed by atoms with Crippen LogP contribution in [0.15, 0.2) is 40.1 Å². The van der Waals surface area contributed by atoms with Crippen molar-refractivity contribution in [2.24, 2.45) is 0 Å². The molecule has 0 radical (unpaired) electrons. The first kappa shape index (κ1) is 19.1. The number of amides is 1. The van der Waals surface area contributed by atoms with Gasteiger partial charge in [0, 0.05) is 5.56 Å². The van der Waals surface area contributed by atoms with Crippen molar-refractivity contribution in [1.82, 2.24) is 10.2 Å². The number of rotatable bonds is 8. The topological polar surface area (TPSA) is 104 Å². The Morgan fingerprint density at radius 3 is 2.76 bits per heavy atom.